The minimum Gasteiger partial charge on any atom is -0.382 e. The first kappa shape index (κ1) is 21.2. The van der Waals surface area contributed by atoms with E-state index in [4.69, 9.17) is 9.47 Å². The normalized spacial score (nSPS) is 25.1. The van der Waals surface area contributed by atoms with Crippen LogP contribution in [-0.4, -0.2) is 77.6 Å². The van der Waals surface area contributed by atoms with Gasteiger partial charge in [-0.15, -0.1) is 0 Å². The topological polar surface area (TPSA) is 58.1 Å². The fraction of sp³-hybridized carbons (Fsp3) is 0.944. The molecule has 0 radical (unpaired) electrons. The van der Waals surface area contributed by atoms with Gasteiger partial charge >= 0.3 is 0 Å². The molecule has 2 unspecified atom stereocenters. The van der Waals surface area contributed by atoms with Gasteiger partial charge in [-0.25, -0.2) is 0 Å². The molecule has 1 rings (SSSR count). The van der Waals surface area contributed by atoms with Crippen molar-refractivity contribution in [1.82, 2.24) is 15.5 Å². The van der Waals surface area contributed by atoms with Gasteiger partial charge in [0.15, 0.2) is 5.96 Å². The van der Waals surface area contributed by atoms with Crippen molar-refractivity contribution in [3.8, 4) is 0 Å². The molecule has 1 saturated carbocycles. The predicted molar refractivity (Wildman–Crippen MR) is 101 cm³/mol. The van der Waals surface area contributed by atoms with E-state index in [1.54, 1.807) is 7.11 Å². The maximum absolute atomic E-state index is 5.47. The maximum atomic E-state index is 5.47. The van der Waals surface area contributed by atoms with Crippen LogP contribution in [0.15, 0.2) is 4.99 Å². The van der Waals surface area contributed by atoms with Crippen LogP contribution < -0.4 is 10.6 Å². The molecule has 2 N–H and O–H groups in total. The van der Waals surface area contributed by atoms with E-state index in [9.17, 15) is 0 Å². The largest absolute Gasteiger partial charge is 0.382 e. The Labute approximate surface area is 148 Å². The highest BCUT2D eigenvalue weighted by Crippen LogP contribution is 2.35. The van der Waals surface area contributed by atoms with Gasteiger partial charge in [0.25, 0.3) is 0 Å². The molecule has 0 spiro atoms. The quantitative estimate of drug-likeness (QED) is 0.360. The standard InChI is InChI=1S/C18H38N4O2/c1-16-8-6-9-18(14-16,22(3)4)15-21-17(19-2)20-10-7-11-24-13-12-23-5/h16H,6-15H2,1-5H3,(H2,19,20,21). The van der Waals surface area contributed by atoms with Crippen molar-refractivity contribution in [1.29, 1.82) is 0 Å². The second-order valence-corrected chi connectivity index (χ2v) is 7.13. The molecule has 142 valence electrons. The van der Waals surface area contributed by atoms with Crippen LogP contribution in [0.1, 0.15) is 39.0 Å². The Kier molecular flexibility index (Phi) is 10.3. The summed E-state index contributed by atoms with van der Waals surface area (Å²) in [5.74, 6) is 1.67. The Balaban J connectivity index is 2.31. The lowest BCUT2D eigenvalue weighted by atomic mass is 9.75. The number of ether oxygens (including phenoxy) is 2. The van der Waals surface area contributed by atoms with Crippen molar-refractivity contribution in [2.24, 2.45) is 10.9 Å². The number of methoxy groups -OCH3 is 1. The van der Waals surface area contributed by atoms with E-state index in [1.807, 2.05) is 7.05 Å². The second kappa shape index (κ2) is 11.7. The Morgan fingerprint density at radius 3 is 2.67 bits per heavy atom. The molecule has 0 amide bonds. The fourth-order valence-corrected chi connectivity index (χ4v) is 3.45. The van der Waals surface area contributed by atoms with Gasteiger partial charge in [-0.05, 0) is 39.3 Å². The van der Waals surface area contributed by atoms with E-state index >= 15 is 0 Å². The SMILES string of the molecule is CN=C(NCCCOCCOC)NCC1(N(C)C)CCCC(C)C1. The molecule has 1 fully saturated rings. The molecule has 0 aromatic carbocycles. The van der Waals surface area contributed by atoms with Gasteiger partial charge in [0.05, 0.1) is 13.2 Å². The van der Waals surface area contributed by atoms with Gasteiger partial charge in [0.2, 0.25) is 0 Å². The van der Waals surface area contributed by atoms with Crippen molar-refractivity contribution in [3.05, 3.63) is 0 Å². The summed E-state index contributed by atoms with van der Waals surface area (Å²) < 4.78 is 10.4. The first-order valence-electron chi connectivity index (χ1n) is 9.22. The Morgan fingerprint density at radius 2 is 2.04 bits per heavy atom. The van der Waals surface area contributed by atoms with Crippen LogP contribution in [0.5, 0.6) is 0 Å². The van der Waals surface area contributed by atoms with E-state index in [0.29, 0.717) is 13.2 Å². The molecular weight excluding hydrogens is 304 g/mol. The Morgan fingerprint density at radius 1 is 1.25 bits per heavy atom. The van der Waals surface area contributed by atoms with Crippen LogP contribution >= 0.6 is 0 Å². The summed E-state index contributed by atoms with van der Waals surface area (Å²) in [6.45, 7) is 6.22. The lowest BCUT2D eigenvalue weighted by molar-refractivity contribution is 0.0697. The number of nitrogens with one attached hydrogen (secondary N) is 2. The summed E-state index contributed by atoms with van der Waals surface area (Å²) in [6.07, 6.45) is 6.12. The number of guanidine groups is 1. The zero-order valence-corrected chi connectivity index (χ0v) is 16.4. The predicted octanol–water partition coefficient (Wildman–Crippen LogP) is 1.72. The van der Waals surface area contributed by atoms with Crippen LogP contribution in [-0.2, 0) is 9.47 Å². The summed E-state index contributed by atoms with van der Waals surface area (Å²) in [5.41, 5.74) is 0.235. The number of nitrogens with zero attached hydrogens (tertiary/aromatic N) is 2. The molecule has 0 aromatic rings. The van der Waals surface area contributed by atoms with Gasteiger partial charge in [-0.2, -0.15) is 0 Å². The van der Waals surface area contributed by atoms with Crippen LogP contribution in [0.25, 0.3) is 0 Å². The summed E-state index contributed by atoms with van der Waals surface area (Å²) in [6, 6.07) is 0. The molecule has 0 aromatic heterocycles. The van der Waals surface area contributed by atoms with E-state index < -0.39 is 0 Å². The summed E-state index contributed by atoms with van der Waals surface area (Å²) in [5, 5.41) is 6.91. The van der Waals surface area contributed by atoms with Crippen LogP contribution in [0, 0.1) is 5.92 Å². The highest BCUT2D eigenvalue weighted by molar-refractivity contribution is 5.79. The number of likely N-dealkylation sites (N-methyl/N-ethyl adjacent to an activating group) is 1. The highest BCUT2D eigenvalue weighted by atomic mass is 16.5. The van der Waals surface area contributed by atoms with Gasteiger partial charge < -0.3 is 25.0 Å². The number of rotatable bonds is 10. The van der Waals surface area contributed by atoms with Crippen molar-refractivity contribution in [2.75, 3.05) is 61.2 Å². The molecule has 6 nitrogen and oxygen atoms in total. The maximum Gasteiger partial charge on any atom is 0.191 e. The molecule has 1 aliphatic carbocycles. The van der Waals surface area contributed by atoms with E-state index in [1.165, 1.54) is 25.7 Å². The Hall–Kier alpha value is -0.850. The van der Waals surface area contributed by atoms with Crippen molar-refractivity contribution >= 4 is 5.96 Å². The molecule has 0 saturated heterocycles. The van der Waals surface area contributed by atoms with Gasteiger partial charge in [-0.3, -0.25) is 4.99 Å². The fourth-order valence-electron chi connectivity index (χ4n) is 3.45. The van der Waals surface area contributed by atoms with E-state index in [-0.39, 0.29) is 5.54 Å². The molecule has 1 aliphatic rings. The zero-order valence-electron chi connectivity index (χ0n) is 16.4. The lowest BCUT2D eigenvalue weighted by Crippen LogP contribution is -2.56. The van der Waals surface area contributed by atoms with Crippen LogP contribution in [0.3, 0.4) is 0 Å². The smallest absolute Gasteiger partial charge is 0.191 e. The third-order valence-electron chi connectivity index (χ3n) is 5.01. The average Bonchev–Trinajstić information content (AvgIpc) is 2.56. The van der Waals surface area contributed by atoms with Gasteiger partial charge in [0, 0.05) is 39.4 Å². The molecular formula is C18H38N4O2. The molecule has 0 heterocycles. The van der Waals surface area contributed by atoms with Crippen molar-refractivity contribution in [2.45, 2.75) is 44.6 Å². The second-order valence-electron chi connectivity index (χ2n) is 7.13. The lowest BCUT2D eigenvalue weighted by Gasteiger charge is -2.45. The highest BCUT2D eigenvalue weighted by Gasteiger charge is 2.36. The van der Waals surface area contributed by atoms with E-state index in [0.717, 1.165) is 38.0 Å². The molecule has 24 heavy (non-hydrogen) atoms. The monoisotopic (exact) mass is 342 g/mol. The van der Waals surface area contributed by atoms with Crippen molar-refractivity contribution in [3.63, 3.8) is 0 Å². The first-order chi connectivity index (χ1) is 11.5. The zero-order chi connectivity index (χ0) is 17.8. The van der Waals surface area contributed by atoms with Crippen LogP contribution in [0.2, 0.25) is 0 Å². The third-order valence-corrected chi connectivity index (χ3v) is 5.01. The van der Waals surface area contributed by atoms with Crippen LogP contribution in [0.4, 0.5) is 0 Å². The first-order valence-corrected chi connectivity index (χ1v) is 9.22. The third kappa shape index (κ3) is 7.36. The molecule has 0 bridgehead atoms. The Bertz CT molecular complexity index is 363. The minimum absolute atomic E-state index is 0.235. The average molecular weight is 343 g/mol. The number of hydrogen-bond donors (Lipinski definition) is 2. The molecule has 6 heteroatoms. The molecule has 0 aliphatic heterocycles. The number of aliphatic imine (C=N–C) groups is 1. The minimum atomic E-state index is 0.235. The van der Waals surface area contributed by atoms with Gasteiger partial charge in [0.1, 0.15) is 0 Å². The van der Waals surface area contributed by atoms with Crippen molar-refractivity contribution < 1.29 is 9.47 Å². The summed E-state index contributed by atoms with van der Waals surface area (Å²) in [7, 11) is 7.92. The molecule has 2 atom stereocenters. The summed E-state index contributed by atoms with van der Waals surface area (Å²) in [4.78, 5) is 6.74. The number of hydrogen-bond acceptors (Lipinski definition) is 4. The van der Waals surface area contributed by atoms with Gasteiger partial charge in [-0.1, -0.05) is 19.8 Å². The summed E-state index contributed by atoms with van der Waals surface area (Å²) >= 11 is 0. The van der Waals surface area contributed by atoms with E-state index in [2.05, 4.69) is 41.5 Å².